The van der Waals surface area contributed by atoms with E-state index in [9.17, 15) is 13.2 Å². The van der Waals surface area contributed by atoms with Crippen molar-refractivity contribution in [3.63, 3.8) is 0 Å². The van der Waals surface area contributed by atoms with Gasteiger partial charge in [-0.3, -0.25) is 4.72 Å². The van der Waals surface area contributed by atoms with E-state index in [4.69, 9.17) is 9.84 Å². The van der Waals surface area contributed by atoms with Gasteiger partial charge in [0, 0.05) is 11.8 Å². The lowest BCUT2D eigenvalue weighted by atomic mass is 10.2. The number of hydrogen-bond acceptors (Lipinski definition) is 4. The summed E-state index contributed by atoms with van der Waals surface area (Å²) in [6.07, 6.45) is 2.37. The zero-order chi connectivity index (χ0) is 16.9. The number of ether oxygens (including phenoxy) is 1. The maximum atomic E-state index is 12.3. The highest BCUT2D eigenvalue weighted by Gasteiger charge is 2.13. The van der Waals surface area contributed by atoms with Gasteiger partial charge in [-0.1, -0.05) is 12.1 Å². The monoisotopic (exact) mass is 333 g/mol. The Balaban J connectivity index is 2.16. The van der Waals surface area contributed by atoms with Gasteiger partial charge in [0.25, 0.3) is 10.0 Å². The maximum Gasteiger partial charge on any atom is 0.328 e. The lowest BCUT2D eigenvalue weighted by Crippen LogP contribution is -2.12. The standard InChI is InChI=1S/C16H15NO5S/c1-22-14-7-5-13(6-8-14)17-23(20,21)15-9-2-12(3-10-15)4-11-16(18)19/h2-11,17H,1H3,(H,18,19). The molecule has 2 aromatic rings. The summed E-state index contributed by atoms with van der Waals surface area (Å²) in [5.74, 6) is -0.439. The Labute approximate surface area is 134 Å². The minimum absolute atomic E-state index is 0.0841. The summed E-state index contributed by atoms with van der Waals surface area (Å²) < 4.78 is 32.0. The van der Waals surface area contributed by atoms with Crippen LogP contribution in [0, 0.1) is 0 Å². The van der Waals surface area contributed by atoms with Crippen LogP contribution >= 0.6 is 0 Å². The first-order chi connectivity index (χ1) is 10.9. The van der Waals surface area contributed by atoms with Gasteiger partial charge in [0.2, 0.25) is 0 Å². The third-order valence-corrected chi connectivity index (χ3v) is 4.35. The Morgan fingerprint density at radius 1 is 1.09 bits per heavy atom. The molecule has 0 saturated heterocycles. The van der Waals surface area contributed by atoms with Crippen LogP contribution in [-0.2, 0) is 14.8 Å². The highest BCUT2D eigenvalue weighted by molar-refractivity contribution is 7.92. The smallest absolute Gasteiger partial charge is 0.328 e. The van der Waals surface area contributed by atoms with Gasteiger partial charge in [0.05, 0.1) is 12.0 Å². The van der Waals surface area contributed by atoms with Crippen molar-refractivity contribution in [3.05, 3.63) is 60.2 Å². The van der Waals surface area contributed by atoms with Crippen molar-refractivity contribution in [1.82, 2.24) is 0 Å². The Hall–Kier alpha value is -2.80. The molecule has 23 heavy (non-hydrogen) atoms. The third-order valence-electron chi connectivity index (χ3n) is 2.95. The minimum atomic E-state index is -3.71. The Kier molecular flexibility index (Phi) is 5.02. The molecular formula is C16H15NO5S. The minimum Gasteiger partial charge on any atom is -0.497 e. The molecule has 0 fully saturated rings. The average Bonchev–Trinajstić information content (AvgIpc) is 2.53. The summed E-state index contributed by atoms with van der Waals surface area (Å²) in [6.45, 7) is 0. The normalized spacial score (nSPS) is 11.3. The molecule has 2 rings (SSSR count). The molecule has 0 saturated carbocycles. The number of carboxylic acids is 1. The van der Waals surface area contributed by atoms with Crippen LogP contribution in [0.15, 0.2) is 59.5 Å². The van der Waals surface area contributed by atoms with E-state index in [2.05, 4.69) is 4.72 Å². The van der Waals surface area contributed by atoms with E-state index in [1.54, 1.807) is 24.3 Å². The van der Waals surface area contributed by atoms with Gasteiger partial charge in [0.1, 0.15) is 5.75 Å². The predicted molar refractivity (Wildman–Crippen MR) is 86.9 cm³/mol. The number of rotatable bonds is 6. The van der Waals surface area contributed by atoms with Gasteiger partial charge >= 0.3 is 5.97 Å². The fraction of sp³-hybridized carbons (Fsp3) is 0.0625. The highest BCUT2D eigenvalue weighted by atomic mass is 32.2. The number of benzene rings is 2. The molecule has 120 valence electrons. The number of methoxy groups -OCH3 is 1. The van der Waals surface area contributed by atoms with E-state index in [1.165, 1.54) is 37.5 Å². The molecule has 0 aliphatic carbocycles. The van der Waals surface area contributed by atoms with Crippen molar-refractivity contribution in [1.29, 1.82) is 0 Å². The van der Waals surface area contributed by atoms with E-state index in [1.807, 2.05) is 0 Å². The SMILES string of the molecule is COc1ccc(NS(=O)(=O)c2ccc(C=CC(=O)O)cc2)cc1. The average molecular weight is 333 g/mol. The molecule has 0 unspecified atom stereocenters. The molecule has 2 N–H and O–H groups in total. The molecular weight excluding hydrogens is 318 g/mol. The van der Waals surface area contributed by atoms with Crippen molar-refractivity contribution in [2.45, 2.75) is 4.90 Å². The Morgan fingerprint density at radius 3 is 2.22 bits per heavy atom. The van der Waals surface area contributed by atoms with E-state index >= 15 is 0 Å². The predicted octanol–water partition coefficient (Wildman–Crippen LogP) is 2.59. The molecule has 0 radical (unpaired) electrons. The number of anilines is 1. The van der Waals surface area contributed by atoms with Crippen LogP contribution in [0.4, 0.5) is 5.69 Å². The van der Waals surface area contributed by atoms with Gasteiger partial charge < -0.3 is 9.84 Å². The van der Waals surface area contributed by atoms with Gasteiger partial charge in [-0.2, -0.15) is 0 Å². The molecule has 0 spiro atoms. The third kappa shape index (κ3) is 4.58. The number of nitrogens with one attached hydrogen (secondary N) is 1. The molecule has 0 aliphatic heterocycles. The van der Waals surface area contributed by atoms with Crippen LogP contribution in [0.1, 0.15) is 5.56 Å². The zero-order valence-electron chi connectivity index (χ0n) is 12.3. The largest absolute Gasteiger partial charge is 0.497 e. The topological polar surface area (TPSA) is 92.7 Å². The molecule has 6 nitrogen and oxygen atoms in total. The van der Waals surface area contributed by atoms with Crippen LogP contribution in [0.5, 0.6) is 5.75 Å². The molecule has 0 aliphatic rings. The Morgan fingerprint density at radius 2 is 1.70 bits per heavy atom. The Bertz CT molecular complexity index is 809. The number of aliphatic carboxylic acids is 1. The molecule has 0 atom stereocenters. The van der Waals surface area contributed by atoms with Gasteiger partial charge in [-0.15, -0.1) is 0 Å². The summed E-state index contributed by atoms with van der Waals surface area (Å²) in [4.78, 5) is 10.5. The number of carbonyl (C=O) groups is 1. The molecule has 0 heterocycles. The van der Waals surface area contributed by atoms with Crippen molar-refractivity contribution in [2.24, 2.45) is 0 Å². The first kappa shape index (κ1) is 16.6. The second-order valence-electron chi connectivity index (χ2n) is 4.57. The first-order valence-corrected chi connectivity index (χ1v) is 8.07. The van der Waals surface area contributed by atoms with Crippen LogP contribution < -0.4 is 9.46 Å². The van der Waals surface area contributed by atoms with Crippen LogP contribution in [0.2, 0.25) is 0 Å². The second-order valence-corrected chi connectivity index (χ2v) is 6.26. The van der Waals surface area contributed by atoms with Crippen LogP contribution in [0.25, 0.3) is 6.08 Å². The number of sulfonamides is 1. The summed E-state index contributed by atoms with van der Waals surface area (Å²) >= 11 is 0. The van der Waals surface area contributed by atoms with E-state index < -0.39 is 16.0 Å². The maximum absolute atomic E-state index is 12.3. The number of carboxylic acid groups (broad SMARTS) is 1. The fourth-order valence-corrected chi connectivity index (χ4v) is 2.86. The first-order valence-electron chi connectivity index (χ1n) is 6.59. The van der Waals surface area contributed by atoms with Crippen LogP contribution in [0.3, 0.4) is 0 Å². The summed E-state index contributed by atoms with van der Waals surface area (Å²) in [5, 5.41) is 8.56. The van der Waals surface area contributed by atoms with Gasteiger partial charge in [-0.05, 0) is 48.0 Å². The van der Waals surface area contributed by atoms with Crippen molar-refractivity contribution < 1.29 is 23.1 Å². The number of hydrogen-bond donors (Lipinski definition) is 2. The lowest BCUT2D eigenvalue weighted by Gasteiger charge is -2.09. The van der Waals surface area contributed by atoms with Gasteiger partial charge in [-0.25, -0.2) is 13.2 Å². The summed E-state index contributed by atoms with van der Waals surface area (Å²) in [5.41, 5.74) is 1.01. The lowest BCUT2D eigenvalue weighted by molar-refractivity contribution is -0.131. The highest BCUT2D eigenvalue weighted by Crippen LogP contribution is 2.19. The van der Waals surface area contributed by atoms with E-state index in [0.717, 1.165) is 6.08 Å². The van der Waals surface area contributed by atoms with Crippen molar-refractivity contribution in [2.75, 3.05) is 11.8 Å². The van der Waals surface area contributed by atoms with E-state index in [-0.39, 0.29) is 4.90 Å². The molecule has 0 bridgehead atoms. The molecule has 0 amide bonds. The fourth-order valence-electron chi connectivity index (χ4n) is 1.80. The molecule has 7 heteroatoms. The van der Waals surface area contributed by atoms with Gasteiger partial charge in [0.15, 0.2) is 0 Å². The summed E-state index contributed by atoms with van der Waals surface area (Å²) in [6, 6.07) is 12.4. The second kappa shape index (κ2) is 6.97. The van der Waals surface area contributed by atoms with Crippen molar-refractivity contribution in [3.8, 4) is 5.75 Å². The zero-order valence-corrected chi connectivity index (χ0v) is 13.1. The molecule has 2 aromatic carbocycles. The van der Waals surface area contributed by atoms with E-state index in [0.29, 0.717) is 17.0 Å². The quantitative estimate of drug-likeness (QED) is 0.793. The molecule has 0 aromatic heterocycles. The van der Waals surface area contributed by atoms with Crippen molar-refractivity contribution >= 4 is 27.8 Å². The summed E-state index contributed by atoms with van der Waals surface area (Å²) in [7, 11) is -2.18. The van der Waals surface area contributed by atoms with Crippen LogP contribution in [-0.4, -0.2) is 26.6 Å².